The highest BCUT2D eigenvalue weighted by atomic mass is 19.3. The molecular formula is C13H17F3N4. The van der Waals surface area contributed by atoms with Gasteiger partial charge in [0.1, 0.15) is 12.4 Å². The summed E-state index contributed by atoms with van der Waals surface area (Å²) in [4.78, 5) is 7.53. The second-order valence-corrected chi connectivity index (χ2v) is 4.54. The first-order valence-corrected chi connectivity index (χ1v) is 6.40. The molecule has 2 rings (SSSR count). The van der Waals surface area contributed by atoms with Gasteiger partial charge in [0.2, 0.25) is 0 Å². The van der Waals surface area contributed by atoms with E-state index in [0.29, 0.717) is 26.2 Å². The highest BCUT2D eigenvalue weighted by Crippen LogP contribution is 2.16. The number of anilines is 1. The molecule has 0 bridgehead atoms. The topological polar surface area (TPSA) is 44.9 Å². The Morgan fingerprint density at radius 1 is 1.15 bits per heavy atom. The number of guanidine groups is 1. The molecule has 4 nitrogen and oxygen atoms in total. The largest absolute Gasteiger partial charge is 0.370 e. The van der Waals surface area contributed by atoms with Crippen molar-refractivity contribution in [2.45, 2.75) is 6.43 Å². The van der Waals surface area contributed by atoms with Crippen molar-refractivity contribution >= 4 is 11.6 Å². The molecule has 1 saturated heterocycles. The van der Waals surface area contributed by atoms with Gasteiger partial charge in [-0.25, -0.2) is 18.2 Å². The van der Waals surface area contributed by atoms with Gasteiger partial charge in [0, 0.05) is 31.9 Å². The summed E-state index contributed by atoms with van der Waals surface area (Å²) in [7, 11) is 0. The minimum atomic E-state index is -2.48. The van der Waals surface area contributed by atoms with Crippen LogP contribution in [-0.4, -0.2) is 50.0 Å². The quantitative estimate of drug-likeness (QED) is 0.677. The molecule has 0 spiro atoms. The summed E-state index contributed by atoms with van der Waals surface area (Å²) >= 11 is 0. The molecule has 0 aromatic heterocycles. The number of piperazine rings is 1. The van der Waals surface area contributed by atoms with Gasteiger partial charge < -0.3 is 15.5 Å². The van der Waals surface area contributed by atoms with Crippen LogP contribution in [0, 0.1) is 5.82 Å². The normalized spacial score (nSPS) is 16.9. The van der Waals surface area contributed by atoms with Crippen LogP contribution in [0.25, 0.3) is 0 Å². The third-order valence-electron chi connectivity index (χ3n) is 3.19. The van der Waals surface area contributed by atoms with E-state index in [9.17, 15) is 13.2 Å². The second-order valence-electron chi connectivity index (χ2n) is 4.54. The van der Waals surface area contributed by atoms with Crippen molar-refractivity contribution in [3.8, 4) is 0 Å². The van der Waals surface area contributed by atoms with Crippen LogP contribution in [0.5, 0.6) is 0 Å². The molecule has 1 heterocycles. The zero-order valence-electron chi connectivity index (χ0n) is 11.0. The minimum Gasteiger partial charge on any atom is -0.370 e. The molecule has 0 saturated carbocycles. The molecule has 0 radical (unpaired) electrons. The average molecular weight is 286 g/mol. The Balaban J connectivity index is 1.89. The van der Waals surface area contributed by atoms with Crippen molar-refractivity contribution in [3.05, 3.63) is 30.1 Å². The Kier molecular flexibility index (Phi) is 4.70. The third kappa shape index (κ3) is 3.79. The van der Waals surface area contributed by atoms with Gasteiger partial charge >= 0.3 is 0 Å². The number of rotatable bonds is 3. The van der Waals surface area contributed by atoms with E-state index in [1.54, 1.807) is 17.0 Å². The Bertz CT molecular complexity index is 453. The average Bonchev–Trinajstić information content (AvgIpc) is 2.46. The van der Waals surface area contributed by atoms with Gasteiger partial charge in [-0.1, -0.05) is 0 Å². The molecular weight excluding hydrogens is 269 g/mol. The van der Waals surface area contributed by atoms with Crippen LogP contribution in [-0.2, 0) is 0 Å². The number of hydrogen-bond donors (Lipinski definition) is 1. The molecule has 110 valence electrons. The monoisotopic (exact) mass is 286 g/mol. The highest BCUT2D eigenvalue weighted by Gasteiger charge is 2.18. The zero-order chi connectivity index (χ0) is 14.5. The molecule has 7 heteroatoms. The standard InChI is InChI=1S/C13H17F3N4/c14-10-1-3-11(4-2-10)19-5-7-20(8-6-19)13(17)18-9-12(15)16/h1-4,12H,5-9H2,(H2,17,18). The number of aliphatic imine (C=N–C) groups is 1. The van der Waals surface area contributed by atoms with Gasteiger partial charge in [0.15, 0.2) is 5.96 Å². The van der Waals surface area contributed by atoms with Crippen molar-refractivity contribution in [1.82, 2.24) is 4.90 Å². The van der Waals surface area contributed by atoms with Crippen molar-refractivity contribution in [2.75, 3.05) is 37.6 Å². The number of benzene rings is 1. The lowest BCUT2D eigenvalue weighted by atomic mass is 10.2. The van der Waals surface area contributed by atoms with Crippen molar-refractivity contribution in [1.29, 1.82) is 0 Å². The first kappa shape index (κ1) is 14.5. The fourth-order valence-electron chi connectivity index (χ4n) is 2.11. The van der Waals surface area contributed by atoms with Gasteiger partial charge in [-0.3, -0.25) is 0 Å². The number of alkyl halides is 2. The van der Waals surface area contributed by atoms with E-state index in [1.165, 1.54) is 12.1 Å². The predicted molar refractivity (Wildman–Crippen MR) is 72.7 cm³/mol. The van der Waals surface area contributed by atoms with Crippen LogP contribution in [0.1, 0.15) is 0 Å². The van der Waals surface area contributed by atoms with Gasteiger partial charge in [-0.2, -0.15) is 0 Å². The summed E-state index contributed by atoms with van der Waals surface area (Å²) in [5.41, 5.74) is 6.61. The van der Waals surface area contributed by atoms with Crippen LogP contribution in [0.15, 0.2) is 29.3 Å². The van der Waals surface area contributed by atoms with E-state index in [2.05, 4.69) is 9.89 Å². The van der Waals surface area contributed by atoms with Crippen LogP contribution in [0.3, 0.4) is 0 Å². The molecule has 0 aliphatic carbocycles. The summed E-state index contributed by atoms with van der Waals surface area (Å²) in [6.07, 6.45) is -2.48. The summed E-state index contributed by atoms with van der Waals surface area (Å²) in [5.74, 6) is -0.111. The number of nitrogens with zero attached hydrogens (tertiary/aromatic N) is 3. The molecule has 1 aromatic carbocycles. The van der Waals surface area contributed by atoms with E-state index in [-0.39, 0.29) is 11.8 Å². The lowest BCUT2D eigenvalue weighted by molar-refractivity contribution is 0.158. The number of hydrogen-bond acceptors (Lipinski definition) is 2. The maximum Gasteiger partial charge on any atom is 0.257 e. The lowest BCUT2D eigenvalue weighted by Gasteiger charge is -2.36. The van der Waals surface area contributed by atoms with Crippen LogP contribution >= 0.6 is 0 Å². The summed E-state index contributed by atoms with van der Waals surface area (Å²) in [5, 5.41) is 0. The van der Waals surface area contributed by atoms with Gasteiger partial charge in [0.25, 0.3) is 6.43 Å². The Hall–Kier alpha value is -1.92. The van der Waals surface area contributed by atoms with E-state index >= 15 is 0 Å². The fourth-order valence-corrected chi connectivity index (χ4v) is 2.11. The van der Waals surface area contributed by atoms with Crippen LogP contribution in [0.4, 0.5) is 18.9 Å². The van der Waals surface area contributed by atoms with Gasteiger partial charge in [0.05, 0.1) is 0 Å². The maximum atomic E-state index is 12.9. The third-order valence-corrected chi connectivity index (χ3v) is 3.19. The van der Waals surface area contributed by atoms with Gasteiger partial charge in [-0.15, -0.1) is 0 Å². The Morgan fingerprint density at radius 3 is 2.30 bits per heavy atom. The van der Waals surface area contributed by atoms with Gasteiger partial charge in [-0.05, 0) is 24.3 Å². The predicted octanol–water partition coefficient (Wildman–Crippen LogP) is 1.53. The summed E-state index contributed by atoms with van der Waals surface area (Å²) in [6, 6.07) is 6.28. The van der Waals surface area contributed by atoms with E-state index in [1.807, 2.05) is 0 Å². The van der Waals surface area contributed by atoms with E-state index < -0.39 is 13.0 Å². The van der Waals surface area contributed by atoms with Crippen LogP contribution < -0.4 is 10.6 Å². The molecule has 1 fully saturated rings. The van der Waals surface area contributed by atoms with E-state index in [4.69, 9.17) is 5.73 Å². The SMILES string of the molecule is NC(=NCC(F)F)N1CCN(c2ccc(F)cc2)CC1. The number of nitrogens with two attached hydrogens (primary N) is 1. The molecule has 1 aromatic rings. The Labute approximate surface area is 115 Å². The second kappa shape index (κ2) is 6.49. The minimum absolute atomic E-state index is 0.157. The molecule has 1 aliphatic rings. The zero-order valence-corrected chi connectivity index (χ0v) is 11.0. The molecule has 0 atom stereocenters. The fraction of sp³-hybridized carbons (Fsp3) is 0.462. The first-order chi connectivity index (χ1) is 9.56. The highest BCUT2D eigenvalue weighted by molar-refractivity contribution is 5.78. The molecule has 2 N–H and O–H groups in total. The van der Waals surface area contributed by atoms with Crippen LogP contribution in [0.2, 0.25) is 0 Å². The smallest absolute Gasteiger partial charge is 0.257 e. The Morgan fingerprint density at radius 2 is 1.75 bits per heavy atom. The maximum absolute atomic E-state index is 12.9. The van der Waals surface area contributed by atoms with Crippen molar-refractivity contribution in [3.63, 3.8) is 0 Å². The molecule has 0 unspecified atom stereocenters. The molecule has 0 amide bonds. The summed E-state index contributed by atoms with van der Waals surface area (Å²) < 4.78 is 37.0. The van der Waals surface area contributed by atoms with Crippen molar-refractivity contribution < 1.29 is 13.2 Å². The summed E-state index contributed by atoms with van der Waals surface area (Å²) in [6.45, 7) is 2.03. The van der Waals surface area contributed by atoms with E-state index in [0.717, 1.165) is 5.69 Å². The first-order valence-electron chi connectivity index (χ1n) is 6.40. The molecule has 20 heavy (non-hydrogen) atoms. The molecule has 1 aliphatic heterocycles. The lowest BCUT2D eigenvalue weighted by Crippen LogP contribution is -2.51. The van der Waals surface area contributed by atoms with Crippen molar-refractivity contribution in [2.24, 2.45) is 10.7 Å². The number of halogens is 3.